The van der Waals surface area contributed by atoms with Gasteiger partial charge in [0.25, 0.3) is 0 Å². The Kier molecular flexibility index (Phi) is 4.28. The molecule has 22 heavy (non-hydrogen) atoms. The van der Waals surface area contributed by atoms with E-state index in [2.05, 4.69) is 0 Å². The molecule has 1 aliphatic heterocycles. The van der Waals surface area contributed by atoms with E-state index in [1.807, 2.05) is 13.8 Å². The summed E-state index contributed by atoms with van der Waals surface area (Å²) in [6, 6.07) is 6.74. The molecule has 1 saturated carbocycles. The number of rotatable bonds is 4. The lowest BCUT2D eigenvalue weighted by molar-refractivity contribution is 0.242. The Hall–Kier alpha value is -1.33. The Morgan fingerprint density at radius 3 is 2.00 bits per heavy atom. The first-order valence-electron chi connectivity index (χ1n) is 7.93. The lowest BCUT2D eigenvalue weighted by Crippen LogP contribution is -2.36. The van der Waals surface area contributed by atoms with Gasteiger partial charge in [-0.25, -0.2) is 8.42 Å². The number of hydrogen-bond acceptors (Lipinski definition) is 3. The Balaban J connectivity index is 1.71. The molecule has 1 aromatic rings. The molecule has 4 nitrogen and oxygen atoms in total. The zero-order chi connectivity index (χ0) is 15.7. The largest absolute Gasteiger partial charge is 0.491 e. The smallest absolute Gasteiger partial charge is 0.243 e. The molecule has 1 heterocycles. The van der Waals surface area contributed by atoms with E-state index in [4.69, 9.17) is 4.74 Å². The normalized spacial score (nSPS) is 19.6. The molecule has 120 valence electrons. The number of ether oxygens (including phenoxy) is 1. The average molecular weight is 321 g/mol. The standard InChI is InChI=1S/C17H23NO3S/c1-13(2)21-16-5-7-17(8-6-16)22(19,20)18-11-9-15(10-12-18)14-3-4-14/h5-8,13H,3-4,9-12H2,1-2H3. The van der Waals surface area contributed by atoms with Gasteiger partial charge in [-0.2, -0.15) is 4.31 Å². The third-order valence-corrected chi connectivity index (χ3v) is 6.07. The van der Waals surface area contributed by atoms with Gasteiger partial charge in [0.1, 0.15) is 5.75 Å². The van der Waals surface area contributed by atoms with Crippen LogP contribution in [0.25, 0.3) is 0 Å². The summed E-state index contributed by atoms with van der Waals surface area (Å²) in [5.74, 6) is 0.702. The number of nitrogens with zero attached hydrogens (tertiary/aromatic N) is 1. The van der Waals surface area contributed by atoms with Crippen LogP contribution in [0.15, 0.2) is 40.3 Å². The first kappa shape index (κ1) is 15.6. The van der Waals surface area contributed by atoms with Crippen LogP contribution in [0.4, 0.5) is 0 Å². The second-order valence-corrected chi connectivity index (χ2v) is 8.19. The summed E-state index contributed by atoms with van der Waals surface area (Å²) in [4.78, 5) is 0.353. The van der Waals surface area contributed by atoms with Gasteiger partial charge in [-0.1, -0.05) is 11.1 Å². The van der Waals surface area contributed by atoms with Crippen LogP contribution in [0.5, 0.6) is 5.75 Å². The molecule has 2 aliphatic rings. The van der Waals surface area contributed by atoms with Crippen LogP contribution in [0, 0.1) is 0 Å². The highest BCUT2D eigenvalue weighted by atomic mass is 32.2. The quantitative estimate of drug-likeness (QED) is 0.799. The van der Waals surface area contributed by atoms with Crippen LogP contribution < -0.4 is 4.74 Å². The number of piperidine rings is 1. The predicted molar refractivity (Wildman–Crippen MR) is 86.5 cm³/mol. The van der Waals surface area contributed by atoms with E-state index < -0.39 is 10.0 Å². The molecule has 0 bridgehead atoms. The van der Waals surface area contributed by atoms with Crippen LogP contribution in [-0.4, -0.2) is 31.9 Å². The fourth-order valence-corrected chi connectivity index (χ4v) is 4.32. The Labute approximate surface area is 132 Å². The molecule has 0 spiro atoms. The third-order valence-electron chi connectivity index (χ3n) is 4.16. The fraction of sp³-hybridized carbons (Fsp3) is 0.529. The van der Waals surface area contributed by atoms with Gasteiger partial charge in [0.15, 0.2) is 0 Å². The van der Waals surface area contributed by atoms with Crippen molar-refractivity contribution in [3.63, 3.8) is 0 Å². The molecule has 0 radical (unpaired) electrons. The molecule has 0 atom stereocenters. The average Bonchev–Trinajstić information content (AvgIpc) is 3.32. The van der Waals surface area contributed by atoms with E-state index in [0.29, 0.717) is 23.7 Å². The van der Waals surface area contributed by atoms with Crippen molar-refractivity contribution in [3.8, 4) is 5.75 Å². The fourth-order valence-electron chi connectivity index (χ4n) is 2.88. The lowest BCUT2D eigenvalue weighted by atomic mass is 10.1. The van der Waals surface area contributed by atoms with Crippen LogP contribution in [-0.2, 0) is 10.0 Å². The zero-order valence-corrected chi connectivity index (χ0v) is 14.0. The number of benzene rings is 1. The molecular formula is C17H23NO3S. The van der Waals surface area contributed by atoms with Gasteiger partial charge >= 0.3 is 0 Å². The van der Waals surface area contributed by atoms with Crippen molar-refractivity contribution in [2.24, 2.45) is 0 Å². The summed E-state index contributed by atoms with van der Waals surface area (Å²) in [6.45, 7) is 5.10. The van der Waals surface area contributed by atoms with E-state index in [9.17, 15) is 8.42 Å². The first-order valence-corrected chi connectivity index (χ1v) is 9.37. The van der Waals surface area contributed by atoms with Crippen LogP contribution in [0.2, 0.25) is 0 Å². The Morgan fingerprint density at radius 1 is 0.955 bits per heavy atom. The van der Waals surface area contributed by atoms with Crippen LogP contribution in [0.1, 0.15) is 39.5 Å². The molecule has 0 amide bonds. The van der Waals surface area contributed by atoms with Crippen molar-refractivity contribution in [2.75, 3.05) is 13.1 Å². The summed E-state index contributed by atoms with van der Waals surface area (Å²) in [6.07, 6.45) is 4.31. The van der Waals surface area contributed by atoms with Gasteiger partial charge in [-0.3, -0.25) is 0 Å². The van der Waals surface area contributed by atoms with E-state index in [1.54, 1.807) is 34.1 Å². The van der Waals surface area contributed by atoms with Gasteiger partial charge in [-0.05, 0) is 63.8 Å². The van der Waals surface area contributed by atoms with E-state index in [1.165, 1.54) is 18.4 Å². The minimum absolute atomic E-state index is 0.0819. The first-order chi connectivity index (χ1) is 10.5. The molecule has 5 heteroatoms. The van der Waals surface area contributed by atoms with Crippen LogP contribution in [0.3, 0.4) is 0 Å². The monoisotopic (exact) mass is 321 g/mol. The van der Waals surface area contributed by atoms with Crippen molar-refractivity contribution < 1.29 is 13.2 Å². The minimum atomic E-state index is -3.38. The molecule has 3 rings (SSSR count). The molecule has 0 N–H and O–H groups in total. The summed E-state index contributed by atoms with van der Waals surface area (Å²) in [5, 5.41) is 0. The van der Waals surface area contributed by atoms with Gasteiger partial charge in [0.2, 0.25) is 10.0 Å². The number of hydrogen-bond donors (Lipinski definition) is 0. The maximum Gasteiger partial charge on any atom is 0.243 e. The topological polar surface area (TPSA) is 46.6 Å². The second kappa shape index (κ2) is 6.05. The SMILES string of the molecule is CC(C)Oc1ccc(S(=O)(=O)N2CCC(=C3CC3)CC2)cc1. The molecule has 2 fully saturated rings. The summed E-state index contributed by atoms with van der Waals surface area (Å²) >= 11 is 0. The lowest BCUT2D eigenvalue weighted by Gasteiger charge is -2.27. The van der Waals surface area contributed by atoms with E-state index in [0.717, 1.165) is 12.8 Å². The predicted octanol–water partition coefficient (Wildman–Crippen LogP) is 3.35. The third kappa shape index (κ3) is 3.36. The Morgan fingerprint density at radius 2 is 1.50 bits per heavy atom. The Bertz CT molecular complexity index is 658. The molecule has 1 saturated heterocycles. The highest BCUT2D eigenvalue weighted by Gasteiger charge is 2.29. The maximum absolute atomic E-state index is 12.7. The van der Waals surface area contributed by atoms with Crippen molar-refractivity contribution >= 4 is 10.0 Å². The molecular weight excluding hydrogens is 298 g/mol. The van der Waals surface area contributed by atoms with E-state index >= 15 is 0 Å². The van der Waals surface area contributed by atoms with Gasteiger partial charge < -0.3 is 4.74 Å². The number of sulfonamides is 1. The van der Waals surface area contributed by atoms with E-state index in [-0.39, 0.29) is 6.10 Å². The summed E-state index contributed by atoms with van der Waals surface area (Å²) < 4.78 is 32.5. The molecule has 1 aromatic carbocycles. The molecule has 0 unspecified atom stereocenters. The zero-order valence-electron chi connectivity index (χ0n) is 13.2. The summed E-state index contributed by atoms with van der Waals surface area (Å²) in [7, 11) is -3.38. The van der Waals surface area contributed by atoms with Crippen molar-refractivity contribution in [1.29, 1.82) is 0 Å². The highest BCUT2D eigenvalue weighted by molar-refractivity contribution is 7.89. The highest BCUT2D eigenvalue weighted by Crippen LogP contribution is 2.36. The second-order valence-electron chi connectivity index (χ2n) is 6.25. The molecule has 1 aliphatic carbocycles. The van der Waals surface area contributed by atoms with Crippen molar-refractivity contribution in [3.05, 3.63) is 35.4 Å². The van der Waals surface area contributed by atoms with Crippen LogP contribution >= 0.6 is 0 Å². The van der Waals surface area contributed by atoms with Gasteiger partial charge in [-0.15, -0.1) is 0 Å². The van der Waals surface area contributed by atoms with Crippen molar-refractivity contribution in [2.45, 2.75) is 50.5 Å². The minimum Gasteiger partial charge on any atom is -0.491 e. The summed E-state index contributed by atoms with van der Waals surface area (Å²) in [5.41, 5.74) is 3.05. The van der Waals surface area contributed by atoms with Gasteiger partial charge in [0.05, 0.1) is 11.0 Å². The molecule has 0 aromatic heterocycles. The van der Waals surface area contributed by atoms with Crippen molar-refractivity contribution in [1.82, 2.24) is 4.31 Å². The van der Waals surface area contributed by atoms with Gasteiger partial charge in [0, 0.05) is 13.1 Å². The number of allylic oxidation sites excluding steroid dienone is 1. The maximum atomic E-state index is 12.7.